The highest BCUT2D eigenvalue weighted by Gasteiger charge is 2.23. The summed E-state index contributed by atoms with van der Waals surface area (Å²) >= 11 is 0. The van der Waals surface area contributed by atoms with E-state index in [0.29, 0.717) is 12.5 Å². The molecule has 0 aliphatic carbocycles. The maximum atomic E-state index is 12.0. The molecule has 1 amide bonds. The van der Waals surface area contributed by atoms with Crippen molar-refractivity contribution in [3.05, 3.63) is 12.2 Å². The van der Waals surface area contributed by atoms with Crippen LogP contribution in [0.15, 0.2) is 12.2 Å². The smallest absolute Gasteiger partial charge is 0.238 e. The number of hydrogen-bond donors (Lipinski definition) is 0. The monoisotopic (exact) mass is 275 g/mol. The van der Waals surface area contributed by atoms with Crippen LogP contribution in [0.3, 0.4) is 0 Å². The average Bonchev–Trinajstić information content (AvgIpc) is 2.21. The molecule has 0 fully saturated rings. The molecule has 0 radical (unpaired) electrons. The Labute approximate surface area is 111 Å². The number of carbonyl (C=O) groups is 1. The van der Waals surface area contributed by atoms with Crippen molar-refractivity contribution in [2.24, 2.45) is 5.92 Å². The minimum Gasteiger partial charge on any atom is -0.339 e. The Morgan fingerprint density at radius 2 is 1.78 bits per heavy atom. The van der Waals surface area contributed by atoms with Gasteiger partial charge in [-0.2, -0.15) is 0 Å². The molecule has 0 saturated carbocycles. The summed E-state index contributed by atoms with van der Waals surface area (Å²) in [5.41, 5.74) is 0. The second-order valence-corrected chi connectivity index (χ2v) is 7.27. The molecule has 0 aromatic carbocycles. The summed E-state index contributed by atoms with van der Waals surface area (Å²) < 4.78 is 23.4. The zero-order valence-corrected chi connectivity index (χ0v) is 12.8. The lowest BCUT2D eigenvalue weighted by molar-refractivity contribution is -0.130. The normalized spacial score (nSPS) is 12.6. The molecule has 18 heavy (non-hydrogen) atoms. The number of hydrogen-bond acceptors (Lipinski definition) is 3. The summed E-state index contributed by atoms with van der Waals surface area (Å²) in [5, 5.41) is 0. The zero-order chi connectivity index (χ0) is 14.3. The largest absolute Gasteiger partial charge is 0.339 e. The van der Waals surface area contributed by atoms with E-state index >= 15 is 0 Å². The fraction of sp³-hybridized carbons (Fsp3) is 0.769. The molecule has 0 saturated heterocycles. The number of amides is 1. The maximum Gasteiger partial charge on any atom is 0.238 e. The Morgan fingerprint density at radius 1 is 1.22 bits per heavy atom. The molecular formula is C13H25NO3S. The first-order chi connectivity index (χ1) is 8.19. The molecule has 0 aromatic heterocycles. The summed E-state index contributed by atoms with van der Waals surface area (Å²) in [6, 6.07) is 0.0248. The van der Waals surface area contributed by atoms with Crippen LogP contribution >= 0.6 is 0 Å². The molecule has 0 bridgehead atoms. The molecule has 0 N–H and O–H groups in total. The van der Waals surface area contributed by atoms with Gasteiger partial charge in [-0.1, -0.05) is 26.0 Å². The number of nitrogens with zero attached hydrogens (tertiary/aromatic N) is 1. The third-order valence-corrected chi connectivity index (χ3v) is 3.82. The predicted molar refractivity (Wildman–Crippen MR) is 75.2 cm³/mol. The van der Waals surface area contributed by atoms with Crippen LogP contribution in [0.2, 0.25) is 0 Å². The second kappa shape index (κ2) is 7.56. The fourth-order valence-corrected chi connectivity index (χ4v) is 2.71. The number of sulfone groups is 1. The molecule has 0 spiro atoms. The van der Waals surface area contributed by atoms with Crippen molar-refractivity contribution < 1.29 is 13.2 Å². The molecule has 5 heteroatoms. The van der Waals surface area contributed by atoms with Crippen LogP contribution in [0.25, 0.3) is 0 Å². The van der Waals surface area contributed by atoms with Crippen LogP contribution in [-0.2, 0) is 14.6 Å². The van der Waals surface area contributed by atoms with Gasteiger partial charge in [0.15, 0.2) is 9.84 Å². The van der Waals surface area contributed by atoms with Crippen molar-refractivity contribution in [1.29, 1.82) is 0 Å². The molecule has 0 rings (SSSR count). The van der Waals surface area contributed by atoms with E-state index in [1.54, 1.807) is 24.0 Å². The Kier molecular flexibility index (Phi) is 7.21. The van der Waals surface area contributed by atoms with Gasteiger partial charge >= 0.3 is 0 Å². The highest BCUT2D eigenvalue weighted by molar-refractivity contribution is 7.92. The Balaban J connectivity index is 4.70. The fourth-order valence-electron chi connectivity index (χ4n) is 1.57. The highest BCUT2D eigenvalue weighted by atomic mass is 32.2. The van der Waals surface area contributed by atoms with Gasteiger partial charge in [-0.15, -0.1) is 0 Å². The van der Waals surface area contributed by atoms with Gasteiger partial charge in [0.1, 0.15) is 5.75 Å². The Hall–Kier alpha value is -0.840. The lowest BCUT2D eigenvalue weighted by atomic mass is 10.2. The zero-order valence-electron chi connectivity index (χ0n) is 12.0. The van der Waals surface area contributed by atoms with Crippen LogP contribution in [0.4, 0.5) is 0 Å². The maximum absolute atomic E-state index is 12.0. The molecule has 0 heterocycles. The van der Waals surface area contributed by atoms with Crippen LogP contribution in [0, 0.1) is 5.92 Å². The van der Waals surface area contributed by atoms with E-state index in [9.17, 15) is 13.2 Å². The second-order valence-electron chi connectivity index (χ2n) is 5.16. The number of rotatable bonds is 7. The van der Waals surface area contributed by atoms with Crippen molar-refractivity contribution in [2.75, 3.05) is 18.1 Å². The van der Waals surface area contributed by atoms with E-state index in [2.05, 4.69) is 0 Å². The van der Waals surface area contributed by atoms with Crippen molar-refractivity contribution in [3.8, 4) is 0 Å². The van der Waals surface area contributed by atoms with E-state index in [1.807, 2.05) is 27.7 Å². The molecule has 0 aliphatic heterocycles. The summed E-state index contributed by atoms with van der Waals surface area (Å²) in [5.74, 6) is -0.441. The van der Waals surface area contributed by atoms with E-state index < -0.39 is 15.6 Å². The van der Waals surface area contributed by atoms with E-state index in [4.69, 9.17) is 0 Å². The van der Waals surface area contributed by atoms with Gasteiger partial charge in [0, 0.05) is 12.6 Å². The third-order valence-electron chi connectivity index (χ3n) is 2.43. The van der Waals surface area contributed by atoms with Gasteiger partial charge in [0.25, 0.3) is 0 Å². The van der Waals surface area contributed by atoms with E-state index in [0.717, 1.165) is 0 Å². The Bertz CT molecular complexity index is 383. The number of allylic oxidation sites excluding steroid dienone is 1. The standard InChI is InChI=1S/C13H25NO3S/c1-6-7-8-18(16,17)10-13(15)14(12(4)5)9-11(2)3/h6-7,11-12H,8-10H2,1-5H3. The lowest BCUT2D eigenvalue weighted by Crippen LogP contribution is -2.42. The van der Waals surface area contributed by atoms with Gasteiger partial charge < -0.3 is 4.90 Å². The quantitative estimate of drug-likeness (QED) is 0.667. The van der Waals surface area contributed by atoms with E-state index in [1.165, 1.54) is 0 Å². The van der Waals surface area contributed by atoms with Crippen LogP contribution in [0.5, 0.6) is 0 Å². The minimum absolute atomic E-state index is 0.0248. The van der Waals surface area contributed by atoms with Crippen LogP contribution in [-0.4, -0.2) is 43.3 Å². The molecule has 106 valence electrons. The molecule has 4 nitrogen and oxygen atoms in total. The van der Waals surface area contributed by atoms with Crippen molar-refractivity contribution in [2.45, 2.75) is 40.7 Å². The van der Waals surface area contributed by atoms with Crippen molar-refractivity contribution in [1.82, 2.24) is 4.90 Å². The first-order valence-electron chi connectivity index (χ1n) is 6.30. The van der Waals surface area contributed by atoms with Gasteiger partial charge in [0.2, 0.25) is 5.91 Å². The summed E-state index contributed by atoms with van der Waals surface area (Å²) in [4.78, 5) is 13.7. The SMILES string of the molecule is CC=CCS(=O)(=O)CC(=O)N(CC(C)C)C(C)C. The lowest BCUT2D eigenvalue weighted by Gasteiger charge is -2.28. The predicted octanol–water partition coefficient (Wildman–Crippen LogP) is 1.87. The van der Waals surface area contributed by atoms with Gasteiger partial charge in [-0.25, -0.2) is 8.42 Å². The topological polar surface area (TPSA) is 54.5 Å². The van der Waals surface area contributed by atoms with E-state index in [-0.39, 0.29) is 17.7 Å². The molecule has 0 unspecified atom stereocenters. The highest BCUT2D eigenvalue weighted by Crippen LogP contribution is 2.06. The summed E-state index contributed by atoms with van der Waals surface area (Å²) in [6.07, 6.45) is 3.24. The van der Waals surface area contributed by atoms with Crippen LogP contribution < -0.4 is 0 Å². The Morgan fingerprint density at radius 3 is 2.17 bits per heavy atom. The molecule has 0 atom stereocenters. The van der Waals surface area contributed by atoms with Crippen molar-refractivity contribution >= 4 is 15.7 Å². The average molecular weight is 275 g/mol. The van der Waals surface area contributed by atoms with Gasteiger partial charge in [-0.05, 0) is 26.7 Å². The molecule has 0 aliphatic rings. The first-order valence-corrected chi connectivity index (χ1v) is 8.12. The van der Waals surface area contributed by atoms with Crippen LogP contribution in [0.1, 0.15) is 34.6 Å². The third kappa shape index (κ3) is 6.79. The first kappa shape index (κ1) is 17.2. The summed E-state index contributed by atoms with van der Waals surface area (Å²) in [6.45, 7) is 10.2. The summed E-state index contributed by atoms with van der Waals surface area (Å²) in [7, 11) is -3.34. The minimum atomic E-state index is -3.34. The number of carbonyl (C=O) groups excluding carboxylic acids is 1. The van der Waals surface area contributed by atoms with Crippen molar-refractivity contribution in [3.63, 3.8) is 0 Å². The molecule has 0 aromatic rings. The van der Waals surface area contributed by atoms with Gasteiger partial charge in [-0.3, -0.25) is 4.79 Å². The van der Waals surface area contributed by atoms with Gasteiger partial charge in [0.05, 0.1) is 5.75 Å². The molecular weight excluding hydrogens is 250 g/mol.